The van der Waals surface area contributed by atoms with Crippen LogP contribution in [-0.2, 0) is 18.9 Å². The first-order valence-corrected chi connectivity index (χ1v) is 16.2. The number of fused-ring (bicyclic) bond motifs is 2. The Balaban J connectivity index is 1.01. The lowest BCUT2D eigenvalue weighted by atomic mass is 9.99. The van der Waals surface area contributed by atoms with Crippen molar-refractivity contribution in [3.8, 4) is 22.6 Å². The van der Waals surface area contributed by atoms with Crippen molar-refractivity contribution in [1.29, 1.82) is 0 Å². The van der Waals surface area contributed by atoms with Gasteiger partial charge in [0.15, 0.2) is 23.1 Å². The molecule has 0 spiro atoms. The number of rotatable bonds is 10. The number of hydrogen-bond acceptors (Lipinski definition) is 8. The summed E-state index contributed by atoms with van der Waals surface area (Å²) in [5.41, 5.74) is 5.04. The van der Waals surface area contributed by atoms with E-state index in [2.05, 4.69) is 49.3 Å². The Hall–Kier alpha value is -5.23. The maximum Gasteiger partial charge on any atom is 0.291 e. The van der Waals surface area contributed by atoms with Gasteiger partial charge in [-0.05, 0) is 68.1 Å². The first-order chi connectivity index (χ1) is 23.2. The van der Waals surface area contributed by atoms with E-state index in [0.717, 1.165) is 42.6 Å². The van der Waals surface area contributed by atoms with Gasteiger partial charge in [0.25, 0.3) is 5.91 Å². The third-order valence-corrected chi connectivity index (χ3v) is 8.86. The van der Waals surface area contributed by atoms with Crippen molar-refractivity contribution in [1.82, 2.24) is 19.0 Å². The van der Waals surface area contributed by atoms with E-state index in [1.165, 1.54) is 7.11 Å². The predicted octanol–water partition coefficient (Wildman–Crippen LogP) is 5.55. The third-order valence-electron chi connectivity index (χ3n) is 8.86. The minimum Gasteiger partial charge on any atom is -0.493 e. The van der Waals surface area contributed by atoms with Crippen LogP contribution < -0.4 is 20.1 Å². The summed E-state index contributed by atoms with van der Waals surface area (Å²) in [6.07, 6.45) is 9.39. The lowest BCUT2D eigenvalue weighted by Crippen LogP contribution is -2.44. The molecule has 48 heavy (non-hydrogen) atoms. The highest BCUT2D eigenvalue weighted by molar-refractivity contribution is 6.04. The monoisotopic (exact) mass is 651 g/mol. The second-order valence-electron chi connectivity index (χ2n) is 12.3. The third kappa shape index (κ3) is 7.33. The summed E-state index contributed by atoms with van der Waals surface area (Å²) in [5, 5.41) is 5.63. The number of ketones is 1. The Morgan fingerprint density at radius 2 is 1.79 bits per heavy atom. The van der Waals surface area contributed by atoms with Crippen molar-refractivity contribution in [2.75, 3.05) is 37.4 Å². The molecule has 6 rings (SSSR count). The summed E-state index contributed by atoms with van der Waals surface area (Å²) in [4.78, 5) is 50.0. The smallest absolute Gasteiger partial charge is 0.291 e. The van der Waals surface area contributed by atoms with Gasteiger partial charge in [-0.15, -0.1) is 0 Å². The number of ether oxygens (including phenoxy) is 2. The number of carbonyl (C=O) groups is 3. The van der Waals surface area contributed by atoms with Crippen LogP contribution in [0.3, 0.4) is 0 Å². The Morgan fingerprint density at radius 1 is 0.979 bits per heavy atom. The lowest BCUT2D eigenvalue weighted by Gasteiger charge is -2.33. The highest BCUT2D eigenvalue weighted by Crippen LogP contribution is 2.37. The Bertz CT molecular complexity index is 1840. The fourth-order valence-corrected chi connectivity index (χ4v) is 6.09. The van der Waals surface area contributed by atoms with Gasteiger partial charge < -0.3 is 29.2 Å². The molecule has 2 aliphatic rings. The highest BCUT2D eigenvalue weighted by Gasteiger charge is 2.27. The van der Waals surface area contributed by atoms with Crippen LogP contribution in [0.2, 0.25) is 0 Å². The number of methoxy groups -OCH3 is 1. The number of carbonyl (C=O) groups excluding carboxylic acids is 3. The van der Waals surface area contributed by atoms with E-state index >= 15 is 0 Å². The molecule has 2 aromatic carbocycles. The lowest BCUT2D eigenvalue weighted by molar-refractivity contribution is -0.116. The number of piperidine rings is 1. The van der Waals surface area contributed by atoms with Crippen LogP contribution in [0.1, 0.15) is 58.8 Å². The molecule has 2 amide bonds. The molecule has 0 bridgehead atoms. The summed E-state index contributed by atoms with van der Waals surface area (Å²) in [6, 6.07) is 13.3. The average molecular weight is 652 g/mol. The second kappa shape index (κ2) is 14.3. The molecular weight excluding hydrogens is 610 g/mol. The van der Waals surface area contributed by atoms with Crippen LogP contribution in [0, 0.1) is 6.92 Å². The van der Waals surface area contributed by atoms with Crippen molar-refractivity contribution in [3.63, 3.8) is 0 Å². The molecule has 250 valence electrons. The van der Waals surface area contributed by atoms with E-state index in [0.29, 0.717) is 41.4 Å². The van der Waals surface area contributed by atoms with E-state index in [1.54, 1.807) is 29.9 Å². The fraction of sp³-hybridized carbons (Fsp3) is 0.361. The molecule has 12 heteroatoms. The van der Waals surface area contributed by atoms with E-state index in [4.69, 9.17) is 9.47 Å². The summed E-state index contributed by atoms with van der Waals surface area (Å²) >= 11 is 0. The maximum atomic E-state index is 13.1. The van der Waals surface area contributed by atoms with Crippen molar-refractivity contribution >= 4 is 41.0 Å². The number of hydrogen-bond donors (Lipinski definition) is 2. The summed E-state index contributed by atoms with van der Waals surface area (Å²) < 4.78 is 15.1. The van der Waals surface area contributed by atoms with Crippen molar-refractivity contribution in [2.24, 2.45) is 19.1 Å². The van der Waals surface area contributed by atoms with Crippen LogP contribution in [0.15, 0.2) is 59.9 Å². The number of benzene rings is 2. The zero-order valence-corrected chi connectivity index (χ0v) is 27.8. The van der Waals surface area contributed by atoms with E-state index in [1.807, 2.05) is 37.5 Å². The minimum absolute atomic E-state index is 0.0120. The molecule has 0 aliphatic carbocycles. The number of nitrogens with zero attached hydrogens (tertiary/aromatic N) is 5. The molecule has 0 saturated carbocycles. The fourth-order valence-electron chi connectivity index (χ4n) is 6.09. The van der Waals surface area contributed by atoms with Gasteiger partial charge in [-0.3, -0.25) is 24.3 Å². The summed E-state index contributed by atoms with van der Waals surface area (Å²) in [6.45, 7) is 3.55. The van der Waals surface area contributed by atoms with E-state index < -0.39 is 0 Å². The molecule has 2 aliphatic heterocycles. The van der Waals surface area contributed by atoms with Crippen molar-refractivity contribution < 1.29 is 23.9 Å². The Morgan fingerprint density at radius 3 is 2.54 bits per heavy atom. The summed E-state index contributed by atoms with van der Waals surface area (Å²) in [5.74, 6) is 0.727. The Labute approximate surface area is 279 Å². The van der Waals surface area contributed by atoms with Crippen LogP contribution in [0.4, 0.5) is 17.2 Å². The molecule has 4 heterocycles. The second-order valence-corrected chi connectivity index (χ2v) is 12.3. The van der Waals surface area contributed by atoms with Gasteiger partial charge >= 0.3 is 0 Å². The van der Waals surface area contributed by atoms with Gasteiger partial charge in [-0.1, -0.05) is 18.6 Å². The number of amides is 2. The quantitative estimate of drug-likeness (QED) is 0.215. The minimum atomic E-state index is -0.387. The average Bonchev–Trinajstić information content (AvgIpc) is 3.61. The molecule has 0 radical (unpaired) electrons. The normalized spacial score (nSPS) is 16.0. The van der Waals surface area contributed by atoms with Gasteiger partial charge in [0.05, 0.1) is 25.9 Å². The largest absolute Gasteiger partial charge is 0.493 e. The molecule has 4 aromatic rings. The first-order valence-electron chi connectivity index (χ1n) is 16.2. The van der Waals surface area contributed by atoms with Gasteiger partial charge in [-0.25, -0.2) is 4.98 Å². The zero-order chi connectivity index (χ0) is 33.8. The zero-order valence-electron chi connectivity index (χ0n) is 27.8. The number of imidazole rings is 1. The molecule has 1 atom stereocenters. The maximum absolute atomic E-state index is 13.1. The predicted molar refractivity (Wildman–Crippen MR) is 185 cm³/mol. The number of aliphatic imine (C=N–C) groups is 1. The molecule has 12 nitrogen and oxygen atoms in total. The van der Waals surface area contributed by atoms with Crippen LogP contribution in [0.5, 0.6) is 11.5 Å². The van der Waals surface area contributed by atoms with Gasteiger partial charge in [0.1, 0.15) is 0 Å². The van der Waals surface area contributed by atoms with E-state index in [-0.39, 0.29) is 48.3 Å². The molecule has 0 unspecified atom stereocenters. The van der Waals surface area contributed by atoms with E-state index in [9.17, 15) is 14.4 Å². The van der Waals surface area contributed by atoms with Crippen LogP contribution >= 0.6 is 0 Å². The highest BCUT2D eigenvalue weighted by atomic mass is 16.5. The first kappa shape index (κ1) is 32.7. The molecule has 2 N–H and O–H groups in total. The van der Waals surface area contributed by atoms with Crippen molar-refractivity contribution in [3.05, 3.63) is 71.9 Å². The van der Waals surface area contributed by atoms with Crippen LogP contribution in [-0.4, -0.2) is 75.7 Å². The van der Waals surface area contributed by atoms with Gasteiger partial charge in [0.2, 0.25) is 11.7 Å². The molecule has 1 saturated heterocycles. The topological polar surface area (TPSA) is 132 Å². The molecular formula is C36H41N7O5. The SMILES string of the molecule is COc1cc2c(cc1OCCCC(=O)Nc1cn(C)c(C(=O)Nc3ccc(-c4cc(C)n(C)c4)cc3)n1)N=C[C@@H]1CCCCN1CC2=O. The number of Topliss-reactive ketones (excluding diaryl/α,β-unsaturated/α-hetero) is 1. The standard InChI is InChI=1S/C36H41N7O5/c1-23-16-25(20-41(23)2)24-10-12-26(13-11-24)38-36(46)35-40-33(22-42(35)3)39-34(45)9-7-15-48-32-18-29-28(17-31(32)47-4)30(44)21-43-14-6-5-8-27(43)19-37-29/h10-13,16-20,22,27H,5-9,14-15,21H2,1-4H3,(H,38,46)(H,39,45)/t27-/m0/s1. The van der Waals surface area contributed by atoms with Gasteiger partial charge in [-0.2, -0.15) is 0 Å². The number of aromatic nitrogens is 3. The van der Waals surface area contributed by atoms with Crippen LogP contribution in [0.25, 0.3) is 11.1 Å². The summed E-state index contributed by atoms with van der Waals surface area (Å²) in [7, 11) is 5.24. The number of anilines is 2. The molecule has 2 aromatic heterocycles. The van der Waals surface area contributed by atoms with Crippen molar-refractivity contribution in [2.45, 2.75) is 45.1 Å². The number of nitrogens with one attached hydrogen (secondary N) is 2. The molecule has 1 fully saturated rings. The Kier molecular flexibility index (Phi) is 9.72. The van der Waals surface area contributed by atoms with Gasteiger partial charge in [0, 0.05) is 68.2 Å². The number of aryl methyl sites for hydroxylation is 3.